The molecule has 3 amide bonds. The van der Waals surface area contributed by atoms with Crippen molar-refractivity contribution in [3.63, 3.8) is 0 Å². The molecular weight excluding hydrogens is 477 g/mol. The van der Waals surface area contributed by atoms with Crippen molar-refractivity contribution in [2.45, 2.75) is 20.4 Å². The predicted octanol–water partition coefficient (Wildman–Crippen LogP) is 4.53. The molecule has 34 heavy (non-hydrogen) atoms. The summed E-state index contributed by atoms with van der Waals surface area (Å²) in [5.41, 5.74) is 4.39. The molecule has 1 aliphatic carbocycles. The number of amides is 3. The summed E-state index contributed by atoms with van der Waals surface area (Å²) in [6.45, 7) is 3.98. The average Bonchev–Trinajstić information content (AvgIpc) is 3.25. The van der Waals surface area contributed by atoms with E-state index in [0.29, 0.717) is 28.0 Å². The standard InChI is InChI=1S/C25H23Cl2N3O4/c1-25(2)18(11-20(26)27)21(25)22(31)29-28-12-14-8-9-19(34-3)15(10-14)13-30-23(32)16-6-4-5-7-17(16)24(30)33/h4-12,18,21H,13H2,1-3H3,(H,29,31)/b28-12-/t18-,21-/m0/s1. The van der Waals surface area contributed by atoms with Crippen LogP contribution >= 0.6 is 23.2 Å². The first kappa shape index (κ1) is 24.0. The Hall–Kier alpha value is -3.16. The number of carbonyl (C=O) groups excluding carboxylic acids is 3. The summed E-state index contributed by atoms with van der Waals surface area (Å²) in [5, 5.41) is 4.07. The van der Waals surface area contributed by atoms with Gasteiger partial charge in [0, 0.05) is 5.56 Å². The van der Waals surface area contributed by atoms with Crippen molar-refractivity contribution < 1.29 is 19.1 Å². The second-order valence-corrected chi connectivity index (χ2v) is 9.84. The van der Waals surface area contributed by atoms with Gasteiger partial charge in [0.2, 0.25) is 5.91 Å². The second kappa shape index (κ2) is 9.24. The van der Waals surface area contributed by atoms with E-state index in [2.05, 4.69) is 10.5 Å². The summed E-state index contributed by atoms with van der Waals surface area (Å²) in [7, 11) is 1.52. The Balaban J connectivity index is 1.47. The van der Waals surface area contributed by atoms with E-state index < -0.39 is 0 Å². The summed E-state index contributed by atoms with van der Waals surface area (Å²) < 4.78 is 5.56. The fourth-order valence-electron chi connectivity index (χ4n) is 4.42. The van der Waals surface area contributed by atoms with E-state index in [9.17, 15) is 14.4 Å². The fourth-order valence-corrected chi connectivity index (χ4v) is 4.69. The summed E-state index contributed by atoms with van der Waals surface area (Å²) in [4.78, 5) is 39.2. The molecule has 0 bridgehead atoms. The Morgan fingerprint density at radius 3 is 2.38 bits per heavy atom. The van der Waals surface area contributed by atoms with E-state index in [-0.39, 0.29) is 46.0 Å². The van der Waals surface area contributed by atoms with E-state index in [4.69, 9.17) is 27.9 Å². The summed E-state index contributed by atoms with van der Waals surface area (Å²) >= 11 is 11.5. The van der Waals surface area contributed by atoms with Gasteiger partial charge in [-0.2, -0.15) is 5.10 Å². The number of carbonyl (C=O) groups is 3. The lowest BCUT2D eigenvalue weighted by Crippen LogP contribution is -2.29. The minimum absolute atomic E-state index is 0.0486. The van der Waals surface area contributed by atoms with Gasteiger partial charge in [0.05, 0.1) is 36.9 Å². The van der Waals surface area contributed by atoms with Crippen LogP contribution in [0.5, 0.6) is 5.75 Å². The number of rotatable bonds is 7. The first-order chi connectivity index (χ1) is 16.1. The normalized spacial score (nSPS) is 20.3. The number of hydrazone groups is 1. The van der Waals surface area contributed by atoms with Crippen molar-refractivity contribution in [2.24, 2.45) is 22.4 Å². The Morgan fingerprint density at radius 2 is 1.79 bits per heavy atom. The number of imide groups is 1. The lowest BCUT2D eigenvalue weighted by Gasteiger charge is -2.16. The number of nitrogens with one attached hydrogen (secondary N) is 1. The van der Waals surface area contributed by atoms with Crippen molar-refractivity contribution in [3.8, 4) is 5.75 Å². The molecule has 176 valence electrons. The van der Waals surface area contributed by atoms with Crippen LogP contribution in [0.2, 0.25) is 0 Å². The molecule has 1 aliphatic heterocycles. The van der Waals surface area contributed by atoms with Crippen molar-refractivity contribution in [3.05, 3.63) is 75.3 Å². The molecule has 0 spiro atoms. The van der Waals surface area contributed by atoms with Crippen LogP contribution in [0.1, 0.15) is 45.7 Å². The molecule has 9 heteroatoms. The average molecular weight is 500 g/mol. The largest absolute Gasteiger partial charge is 0.496 e. The van der Waals surface area contributed by atoms with E-state index in [0.717, 1.165) is 0 Å². The third-order valence-electron chi connectivity index (χ3n) is 6.40. The quantitative estimate of drug-likeness (QED) is 0.344. The maximum Gasteiger partial charge on any atom is 0.261 e. The second-order valence-electron chi connectivity index (χ2n) is 8.83. The molecule has 0 saturated heterocycles. The molecular formula is C25H23Cl2N3O4. The maximum absolute atomic E-state index is 12.7. The van der Waals surface area contributed by atoms with Crippen LogP contribution in [0.25, 0.3) is 0 Å². The molecule has 0 unspecified atom stereocenters. The number of methoxy groups -OCH3 is 1. The molecule has 2 aliphatic rings. The number of allylic oxidation sites excluding steroid dienone is 1. The molecule has 1 N–H and O–H groups in total. The first-order valence-electron chi connectivity index (χ1n) is 10.6. The van der Waals surface area contributed by atoms with Crippen LogP contribution in [0.3, 0.4) is 0 Å². The summed E-state index contributed by atoms with van der Waals surface area (Å²) in [6.07, 6.45) is 3.17. The third-order valence-corrected chi connectivity index (χ3v) is 6.65. The smallest absolute Gasteiger partial charge is 0.261 e. The Labute approximate surface area is 207 Å². The van der Waals surface area contributed by atoms with Crippen LogP contribution in [-0.2, 0) is 11.3 Å². The van der Waals surface area contributed by atoms with Crippen LogP contribution in [0.4, 0.5) is 0 Å². The van der Waals surface area contributed by atoms with E-state index >= 15 is 0 Å². The van der Waals surface area contributed by atoms with Crippen LogP contribution in [0.15, 0.2) is 58.1 Å². The highest BCUT2D eigenvalue weighted by Gasteiger charge is 2.60. The Kier molecular flexibility index (Phi) is 6.51. The molecule has 1 saturated carbocycles. The Morgan fingerprint density at radius 1 is 1.15 bits per heavy atom. The fraction of sp³-hybridized carbons (Fsp3) is 0.280. The number of nitrogens with zero attached hydrogens (tertiary/aromatic N) is 2. The van der Waals surface area contributed by atoms with Crippen LogP contribution in [-0.4, -0.2) is 35.9 Å². The van der Waals surface area contributed by atoms with Gasteiger partial charge in [-0.05, 0) is 53.3 Å². The molecule has 2 aromatic carbocycles. The number of hydrogen-bond donors (Lipinski definition) is 1. The maximum atomic E-state index is 12.7. The van der Waals surface area contributed by atoms with Gasteiger partial charge in [-0.1, -0.05) is 49.2 Å². The van der Waals surface area contributed by atoms with E-state index in [1.165, 1.54) is 18.2 Å². The van der Waals surface area contributed by atoms with Crippen molar-refractivity contribution in [1.82, 2.24) is 10.3 Å². The van der Waals surface area contributed by atoms with Crippen molar-refractivity contribution in [2.75, 3.05) is 7.11 Å². The molecule has 7 nitrogen and oxygen atoms in total. The highest BCUT2D eigenvalue weighted by atomic mass is 35.5. The number of ether oxygens (including phenoxy) is 1. The van der Waals surface area contributed by atoms with Gasteiger partial charge in [0.25, 0.3) is 11.8 Å². The zero-order valence-corrected chi connectivity index (χ0v) is 20.4. The first-order valence-corrected chi connectivity index (χ1v) is 11.4. The minimum atomic E-state index is -0.346. The monoisotopic (exact) mass is 499 g/mol. The highest BCUT2D eigenvalue weighted by Crippen LogP contribution is 2.59. The molecule has 0 aromatic heterocycles. The molecule has 1 fully saturated rings. The third kappa shape index (κ3) is 4.45. The van der Waals surface area contributed by atoms with Crippen LogP contribution < -0.4 is 10.2 Å². The SMILES string of the molecule is COc1ccc(/C=N\NC(=O)[C@@H]2[C@H](C=C(Cl)Cl)C2(C)C)cc1CN1C(=O)c2ccccc2C1=O. The zero-order chi connectivity index (χ0) is 24.6. The van der Waals surface area contributed by atoms with E-state index in [1.807, 2.05) is 13.8 Å². The lowest BCUT2D eigenvalue weighted by molar-refractivity contribution is -0.123. The number of benzene rings is 2. The molecule has 2 atom stereocenters. The lowest BCUT2D eigenvalue weighted by atomic mass is 10.1. The topological polar surface area (TPSA) is 88.1 Å². The molecule has 0 radical (unpaired) electrons. The molecule has 4 rings (SSSR count). The predicted molar refractivity (Wildman–Crippen MR) is 130 cm³/mol. The highest BCUT2D eigenvalue weighted by molar-refractivity contribution is 6.55. The van der Waals surface area contributed by atoms with E-state index in [1.54, 1.807) is 48.5 Å². The van der Waals surface area contributed by atoms with Gasteiger partial charge < -0.3 is 4.74 Å². The van der Waals surface area contributed by atoms with Crippen molar-refractivity contribution >= 4 is 47.1 Å². The number of halogens is 2. The van der Waals surface area contributed by atoms with Gasteiger partial charge >= 0.3 is 0 Å². The van der Waals surface area contributed by atoms with Gasteiger partial charge in [-0.15, -0.1) is 0 Å². The van der Waals surface area contributed by atoms with Crippen molar-refractivity contribution in [1.29, 1.82) is 0 Å². The number of fused-ring (bicyclic) bond motifs is 1. The van der Waals surface area contributed by atoms with Crippen LogP contribution in [0, 0.1) is 17.3 Å². The zero-order valence-electron chi connectivity index (χ0n) is 18.8. The van der Waals surface area contributed by atoms with Gasteiger partial charge in [-0.25, -0.2) is 5.43 Å². The summed E-state index contributed by atoms with van der Waals surface area (Å²) in [6, 6.07) is 12.0. The minimum Gasteiger partial charge on any atom is -0.496 e. The molecule has 2 aromatic rings. The van der Waals surface area contributed by atoms with Gasteiger partial charge in [0.15, 0.2) is 0 Å². The molecule has 1 heterocycles. The summed E-state index contributed by atoms with van der Waals surface area (Å²) in [5.74, 6) is -0.720. The van der Waals surface area contributed by atoms with Gasteiger partial charge in [-0.3, -0.25) is 19.3 Å². The number of hydrogen-bond acceptors (Lipinski definition) is 5. The van der Waals surface area contributed by atoms with Gasteiger partial charge in [0.1, 0.15) is 10.2 Å². The Bertz CT molecular complexity index is 1200.